The molecule has 0 N–H and O–H groups in total. The molecule has 0 fully saturated rings. The van der Waals surface area contributed by atoms with Crippen LogP contribution in [-0.2, 0) is 0 Å². The van der Waals surface area contributed by atoms with Gasteiger partial charge >= 0.3 is 5.97 Å². The minimum absolute atomic E-state index is 0.401. The van der Waals surface area contributed by atoms with Crippen LogP contribution < -0.4 is 4.74 Å². The molecular formula is C25H19BrClNO2. The van der Waals surface area contributed by atoms with E-state index in [0.717, 1.165) is 43.3 Å². The lowest BCUT2D eigenvalue weighted by Crippen LogP contribution is -2.13. The van der Waals surface area contributed by atoms with Crippen LogP contribution in [0, 0.1) is 20.8 Å². The second kappa shape index (κ2) is 8.21. The van der Waals surface area contributed by atoms with E-state index in [9.17, 15) is 4.79 Å². The van der Waals surface area contributed by atoms with Crippen LogP contribution >= 0.6 is 27.5 Å². The van der Waals surface area contributed by atoms with Crippen molar-refractivity contribution in [2.45, 2.75) is 20.8 Å². The summed E-state index contributed by atoms with van der Waals surface area (Å²) in [6.07, 6.45) is 0. The number of nitrogens with zero attached hydrogens (tertiary/aromatic N) is 1. The first kappa shape index (κ1) is 20.6. The number of benzene rings is 3. The van der Waals surface area contributed by atoms with Gasteiger partial charge in [-0.2, -0.15) is 0 Å². The summed E-state index contributed by atoms with van der Waals surface area (Å²) in [5.74, 6) is 0.0902. The zero-order valence-electron chi connectivity index (χ0n) is 16.8. The maximum atomic E-state index is 13.3. The fourth-order valence-corrected chi connectivity index (χ4v) is 4.02. The Bertz CT molecular complexity index is 1270. The molecule has 0 radical (unpaired) electrons. The van der Waals surface area contributed by atoms with Gasteiger partial charge in [0.1, 0.15) is 5.75 Å². The number of hydrogen-bond donors (Lipinski definition) is 0. The van der Waals surface area contributed by atoms with Crippen molar-refractivity contribution >= 4 is 44.4 Å². The Morgan fingerprint density at radius 2 is 1.63 bits per heavy atom. The standard InChI is InChI=1S/C25H19BrClNO2/c1-14-12-15(2)23-21(13-14)22(25(29)30-20-10-6-18(26)7-11-20)16(3)24(28-23)17-4-8-19(27)9-5-17/h4-13H,1-3H3. The summed E-state index contributed by atoms with van der Waals surface area (Å²) in [4.78, 5) is 18.2. The van der Waals surface area contributed by atoms with Gasteiger partial charge in [-0.25, -0.2) is 9.78 Å². The van der Waals surface area contributed by atoms with Crippen LogP contribution in [0.3, 0.4) is 0 Å². The van der Waals surface area contributed by atoms with E-state index < -0.39 is 5.97 Å². The number of halogens is 2. The van der Waals surface area contributed by atoms with E-state index in [1.807, 2.05) is 63.2 Å². The summed E-state index contributed by atoms with van der Waals surface area (Å²) in [6.45, 7) is 5.93. The summed E-state index contributed by atoms with van der Waals surface area (Å²) < 4.78 is 6.65. The topological polar surface area (TPSA) is 39.2 Å². The molecule has 30 heavy (non-hydrogen) atoms. The molecule has 0 amide bonds. The Kier molecular flexibility index (Phi) is 5.63. The van der Waals surface area contributed by atoms with E-state index in [0.29, 0.717) is 16.3 Å². The number of aryl methyl sites for hydroxylation is 2. The molecule has 3 nitrogen and oxygen atoms in total. The van der Waals surface area contributed by atoms with Gasteiger partial charge in [-0.15, -0.1) is 0 Å². The largest absolute Gasteiger partial charge is 0.423 e. The lowest BCUT2D eigenvalue weighted by atomic mass is 9.95. The van der Waals surface area contributed by atoms with Crippen LogP contribution in [0.5, 0.6) is 5.75 Å². The Morgan fingerprint density at radius 3 is 2.30 bits per heavy atom. The third-order valence-corrected chi connectivity index (χ3v) is 5.79. The van der Waals surface area contributed by atoms with Crippen molar-refractivity contribution in [3.63, 3.8) is 0 Å². The van der Waals surface area contributed by atoms with Gasteiger partial charge in [0.25, 0.3) is 0 Å². The number of carbonyl (C=O) groups is 1. The molecule has 5 heteroatoms. The molecule has 0 bridgehead atoms. The molecule has 4 aromatic rings. The maximum Gasteiger partial charge on any atom is 0.344 e. The number of aromatic nitrogens is 1. The summed E-state index contributed by atoms with van der Waals surface area (Å²) in [5, 5.41) is 1.45. The monoisotopic (exact) mass is 479 g/mol. The summed E-state index contributed by atoms with van der Waals surface area (Å²) >= 11 is 9.46. The summed E-state index contributed by atoms with van der Waals surface area (Å²) in [7, 11) is 0. The lowest BCUT2D eigenvalue weighted by molar-refractivity contribution is 0.0736. The number of rotatable bonds is 3. The van der Waals surface area contributed by atoms with Gasteiger partial charge in [0.05, 0.1) is 16.8 Å². The van der Waals surface area contributed by atoms with Crippen LogP contribution in [-0.4, -0.2) is 11.0 Å². The van der Waals surface area contributed by atoms with Gasteiger partial charge in [-0.05, 0) is 74.4 Å². The highest BCUT2D eigenvalue weighted by molar-refractivity contribution is 9.10. The molecule has 0 unspecified atom stereocenters. The van der Waals surface area contributed by atoms with Gasteiger partial charge in [-0.3, -0.25) is 0 Å². The molecular weight excluding hydrogens is 462 g/mol. The number of ether oxygens (including phenoxy) is 1. The minimum Gasteiger partial charge on any atom is -0.423 e. The molecule has 3 aromatic carbocycles. The van der Waals surface area contributed by atoms with Crippen LogP contribution in [0.25, 0.3) is 22.2 Å². The molecule has 150 valence electrons. The van der Waals surface area contributed by atoms with Crippen LogP contribution in [0.4, 0.5) is 0 Å². The number of carbonyl (C=O) groups excluding carboxylic acids is 1. The quantitative estimate of drug-likeness (QED) is 0.226. The van der Waals surface area contributed by atoms with Crippen molar-refractivity contribution in [1.29, 1.82) is 0 Å². The van der Waals surface area contributed by atoms with Crippen molar-refractivity contribution in [2.75, 3.05) is 0 Å². The predicted octanol–water partition coefficient (Wildman–Crippen LogP) is 7.46. The van der Waals surface area contributed by atoms with Crippen LogP contribution in [0.1, 0.15) is 27.0 Å². The van der Waals surface area contributed by atoms with Crippen molar-refractivity contribution < 1.29 is 9.53 Å². The molecule has 0 aliphatic carbocycles. The molecule has 1 aromatic heterocycles. The molecule has 0 saturated carbocycles. The molecule has 0 aliphatic rings. The average Bonchev–Trinajstić information content (AvgIpc) is 2.70. The van der Waals surface area contributed by atoms with Crippen LogP contribution in [0.15, 0.2) is 65.1 Å². The Morgan fingerprint density at radius 1 is 0.967 bits per heavy atom. The summed E-state index contributed by atoms with van der Waals surface area (Å²) in [5.41, 5.74) is 5.82. The molecule has 0 spiro atoms. The number of esters is 1. The van der Waals surface area contributed by atoms with Crippen molar-refractivity contribution in [3.05, 3.63) is 92.4 Å². The van der Waals surface area contributed by atoms with E-state index in [4.69, 9.17) is 21.3 Å². The fourth-order valence-electron chi connectivity index (χ4n) is 3.63. The third kappa shape index (κ3) is 3.98. The fraction of sp³-hybridized carbons (Fsp3) is 0.120. The lowest BCUT2D eigenvalue weighted by Gasteiger charge is -2.16. The second-order valence-electron chi connectivity index (χ2n) is 7.29. The SMILES string of the molecule is Cc1cc(C)c2nc(-c3ccc(Cl)cc3)c(C)c(C(=O)Oc3ccc(Br)cc3)c2c1. The van der Waals surface area contributed by atoms with Crippen molar-refractivity contribution in [3.8, 4) is 17.0 Å². The Hall–Kier alpha value is -2.69. The zero-order chi connectivity index (χ0) is 21.4. The van der Waals surface area contributed by atoms with E-state index >= 15 is 0 Å². The first-order valence-corrected chi connectivity index (χ1v) is 10.7. The van der Waals surface area contributed by atoms with Crippen molar-refractivity contribution in [1.82, 2.24) is 4.98 Å². The maximum absolute atomic E-state index is 13.3. The predicted molar refractivity (Wildman–Crippen MR) is 126 cm³/mol. The van der Waals surface area contributed by atoms with E-state index in [-0.39, 0.29) is 0 Å². The number of hydrogen-bond acceptors (Lipinski definition) is 3. The minimum atomic E-state index is -0.401. The van der Waals surface area contributed by atoms with Gasteiger partial charge in [0.15, 0.2) is 0 Å². The zero-order valence-corrected chi connectivity index (χ0v) is 19.1. The smallest absolute Gasteiger partial charge is 0.344 e. The molecule has 1 heterocycles. The van der Waals surface area contributed by atoms with Crippen molar-refractivity contribution in [2.24, 2.45) is 0 Å². The number of fused-ring (bicyclic) bond motifs is 1. The third-order valence-electron chi connectivity index (χ3n) is 5.01. The second-order valence-corrected chi connectivity index (χ2v) is 8.64. The summed E-state index contributed by atoms with van der Waals surface area (Å²) in [6, 6.07) is 18.7. The van der Waals surface area contributed by atoms with E-state index in [1.165, 1.54) is 0 Å². The highest BCUT2D eigenvalue weighted by Gasteiger charge is 2.22. The molecule has 4 rings (SSSR count). The normalized spacial score (nSPS) is 11.0. The average molecular weight is 481 g/mol. The number of pyridine rings is 1. The van der Waals surface area contributed by atoms with Gasteiger partial charge in [0.2, 0.25) is 0 Å². The van der Waals surface area contributed by atoms with E-state index in [2.05, 4.69) is 22.0 Å². The molecule has 0 saturated heterocycles. The Balaban J connectivity index is 1.93. The highest BCUT2D eigenvalue weighted by atomic mass is 79.9. The van der Waals surface area contributed by atoms with Crippen LogP contribution in [0.2, 0.25) is 5.02 Å². The van der Waals surface area contributed by atoms with Gasteiger partial charge in [0, 0.05) is 20.4 Å². The highest BCUT2D eigenvalue weighted by Crippen LogP contribution is 2.33. The first-order valence-electron chi connectivity index (χ1n) is 9.48. The molecule has 0 aliphatic heterocycles. The molecule has 0 atom stereocenters. The van der Waals surface area contributed by atoms with Gasteiger partial charge < -0.3 is 4.74 Å². The van der Waals surface area contributed by atoms with Gasteiger partial charge in [-0.1, -0.05) is 51.3 Å². The van der Waals surface area contributed by atoms with E-state index in [1.54, 1.807) is 12.1 Å². The Labute approximate surface area is 188 Å². The first-order chi connectivity index (χ1) is 14.3.